The van der Waals surface area contributed by atoms with Crippen molar-refractivity contribution < 1.29 is 8.42 Å². The SMILES string of the molecule is CC(NCCNS(C)(=O)=O)c1ccc(C#N)cc1. The van der Waals surface area contributed by atoms with Crippen molar-refractivity contribution in [3.63, 3.8) is 0 Å². The van der Waals surface area contributed by atoms with E-state index >= 15 is 0 Å². The summed E-state index contributed by atoms with van der Waals surface area (Å²) >= 11 is 0. The van der Waals surface area contributed by atoms with Gasteiger partial charge in [0.2, 0.25) is 10.0 Å². The molecule has 0 spiro atoms. The Morgan fingerprint density at radius 3 is 2.39 bits per heavy atom. The molecule has 0 bridgehead atoms. The molecule has 0 amide bonds. The second kappa shape index (κ2) is 6.50. The van der Waals surface area contributed by atoms with Gasteiger partial charge in [-0.05, 0) is 24.6 Å². The van der Waals surface area contributed by atoms with Gasteiger partial charge in [0, 0.05) is 19.1 Å². The van der Waals surface area contributed by atoms with Crippen LogP contribution in [0.5, 0.6) is 0 Å². The highest BCUT2D eigenvalue weighted by Gasteiger charge is 2.05. The molecule has 98 valence electrons. The zero-order valence-corrected chi connectivity index (χ0v) is 11.3. The fourth-order valence-corrected chi connectivity index (χ4v) is 1.96. The van der Waals surface area contributed by atoms with E-state index in [1.165, 1.54) is 0 Å². The summed E-state index contributed by atoms with van der Waals surface area (Å²) in [4.78, 5) is 0. The molecule has 0 saturated carbocycles. The Morgan fingerprint density at radius 2 is 1.89 bits per heavy atom. The van der Waals surface area contributed by atoms with Gasteiger partial charge in [0.1, 0.15) is 0 Å². The lowest BCUT2D eigenvalue weighted by Crippen LogP contribution is -2.32. The van der Waals surface area contributed by atoms with Gasteiger partial charge >= 0.3 is 0 Å². The Labute approximate surface area is 108 Å². The lowest BCUT2D eigenvalue weighted by molar-refractivity contribution is 0.556. The van der Waals surface area contributed by atoms with Crippen LogP contribution in [0.25, 0.3) is 0 Å². The molecule has 0 aliphatic carbocycles. The topological polar surface area (TPSA) is 82.0 Å². The van der Waals surface area contributed by atoms with Crippen LogP contribution in [0.4, 0.5) is 0 Å². The summed E-state index contributed by atoms with van der Waals surface area (Å²) in [6.45, 7) is 2.90. The first kappa shape index (κ1) is 14.6. The van der Waals surface area contributed by atoms with Crippen molar-refractivity contribution in [3.8, 4) is 6.07 Å². The first-order chi connectivity index (χ1) is 8.42. The van der Waals surface area contributed by atoms with E-state index in [1.807, 2.05) is 19.1 Å². The number of hydrogen-bond donors (Lipinski definition) is 2. The quantitative estimate of drug-likeness (QED) is 0.745. The van der Waals surface area contributed by atoms with Crippen LogP contribution in [-0.2, 0) is 10.0 Å². The molecule has 0 saturated heterocycles. The fourth-order valence-electron chi connectivity index (χ4n) is 1.49. The van der Waals surface area contributed by atoms with E-state index in [4.69, 9.17) is 5.26 Å². The smallest absolute Gasteiger partial charge is 0.208 e. The van der Waals surface area contributed by atoms with Crippen molar-refractivity contribution in [2.24, 2.45) is 0 Å². The summed E-state index contributed by atoms with van der Waals surface area (Å²) in [5, 5.41) is 11.9. The molecule has 1 aromatic carbocycles. The zero-order valence-electron chi connectivity index (χ0n) is 10.5. The van der Waals surface area contributed by atoms with Crippen LogP contribution in [0.15, 0.2) is 24.3 Å². The van der Waals surface area contributed by atoms with E-state index in [0.29, 0.717) is 18.7 Å². The fraction of sp³-hybridized carbons (Fsp3) is 0.417. The number of rotatable bonds is 6. The maximum absolute atomic E-state index is 10.8. The van der Waals surface area contributed by atoms with Gasteiger partial charge < -0.3 is 5.32 Å². The van der Waals surface area contributed by atoms with Gasteiger partial charge in [0.25, 0.3) is 0 Å². The number of nitrogens with zero attached hydrogens (tertiary/aromatic N) is 1. The third-order valence-corrected chi connectivity index (χ3v) is 3.21. The standard InChI is InChI=1S/C12H17N3O2S/c1-10(14-7-8-15-18(2,16)17)12-5-3-11(9-13)4-6-12/h3-6,10,14-15H,7-8H2,1-2H3. The molecule has 1 rings (SSSR count). The Bertz CT molecular complexity index is 517. The van der Waals surface area contributed by atoms with Crippen molar-refractivity contribution in [2.45, 2.75) is 13.0 Å². The first-order valence-corrected chi connectivity index (χ1v) is 7.49. The maximum Gasteiger partial charge on any atom is 0.208 e. The van der Waals surface area contributed by atoms with E-state index in [1.54, 1.807) is 12.1 Å². The predicted octanol–water partition coefficient (Wildman–Crippen LogP) is 0.758. The Morgan fingerprint density at radius 1 is 1.28 bits per heavy atom. The number of hydrogen-bond acceptors (Lipinski definition) is 4. The summed E-state index contributed by atoms with van der Waals surface area (Å²) in [6.07, 6.45) is 1.14. The minimum atomic E-state index is -3.12. The largest absolute Gasteiger partial charge is 0.309 e. The van der Waals surface area contributed by atoms with Crippen LogP contribution >= 0.6 is 0 Å². The highest BCUT2D eigenvalue weighted by atomic mass is 32.2. The van der Waals surface area contributed by atoms with Crippen LogP contribution in [0.2, 0.25) is 0 Å². The van der Waals surface area contributed by atoms with Gasteiger partial charge in [-0.1, -0.05) is 12.1 Å². The molecule has 0 heterocycles. The first-order valence-electron chi connectivity index (χ1n) is 5.60. The predicted molar refractivity (Wildman–Crippen MR) is 70.4 cm³/mol. The normalized spacial score (nSPS) is 12.9. The maximum atomic E-state index is 10.8. The Hall–Kier alpha value is -1.42. The molecule has 0 radical (unpaired) electrons. The van der Waals surface area contributed by atoms with E-state index < -0.39 is 10.0 Å². The van der Waals surface area contributed by atoms with E-state index in [0.717, 1.165) is 11.8 Å². The molecule has 6 heteroatoms. The van der Waals surface area contributed by atoms with Crippen LogP contribution in [0.1, 0.15) is 24.1 Å². The number of benzene rings is 1. The van der Waals surface area contributed by atoms with Gasteiger partial charge in [0.05, 0.1) is 17.9 Å². The average molecular weight is 267 g/mol. The Balaban J connectivity index is 2.41. The molecule has 1 unspecified atom stereocenters. The summed E-state index contributed by atoms with van der Waals surface area (Å²) in [6, 6.07) is 9.49. The van der Waals surface area contributed by atoms with Gasteiger partial charge in [-0.3, -0.25) is 0 Å². The van der Waals surface area contributed by atoms with Gasteiger partial charge in [0.15, 0.2) is 0 Å². The van der Waals surface area contributed by atoms with E-state index in [9.17, 15) is 8.42 Å². The highest BCUT2D eigenvalue weighted by molar-refractivity contribution is 7.88. The van der Waals surface area contributed by atoms with Gasteiger partial charge in [-0.25, -0.2) is 13.1 Å². The third-order valence-electron chi connectivity index (χ3n) is 2.48. The van der Waals surface area contributed by atoms with Crippen molar-refractivity contribution in [3.05, 3.63) is 35.4 Å². The number of nitriles is 1. The summed E-state index contributed by atoms with van der Waals surface area (Å²) in [5.41, 5.74) is 1.69. The molecular formula is C12H17N3O2S. The van der Waals surface area contributed by atoms with Crippen molar-refractivity contribution in [1.82, 2.24) is 10.0 Å². The lowest BCUT2D eigenvalue weighted by Gasteiger charge is -2.14. The van der Waals surface area contributed by atoms with Crippen LogP contribution in [0, 0.1) is 11.3 Å². The van der Waals surface area contributed by atoms with Crippen molar-refractivity contribution in [2.75, 3.05) is 19.3 Å². The minimum absolute atomic E-state index is 0.110. The zero-order chi connectivity index (χ0) is 13.6. The molecule has 1 atom stereocenters. The van der Waals surface area contributed by atoms with Gasteiger partial charge in [-0.2, -0.15) is 5.26 Å². The monoisotopic (exact) mass is 267 g/mol. The molecule has 2 N–H and O–H groups in total. The number of nitrogens with one attached hydrogen (secondary N) is 2. The molecule has 1 aromatic rings. The lowest BCUT2D eigenvalue weighted by atomic mass is 10.1. The summed E-state index contributed by atoms with van der Waals surface area (Å²) in [5.74, 6) is 0. The average Bonchev–Trinajstić information content (AvgIpc) is 2.33. The molecule has 18 heavy (non-hydrogen) atoms. The highest BCUT2D eigenvalue weighted by Crippen LogP contribution is 2.12. The number of sulfonamides is 1. The molecular weight excluding hydrogens is 250 g/mol. The molecule has 0 aliphatic heterocycles. The van der Waals surface area contributed by atoms with Crippen molar-refractivity contribution in [1.29, 1.82) is 5.26 Å². The Kier molecular flexibility index (Phi) is 5.28. The second-order valence-electron chi connectivity index (χ2n) is 4.08. The second-order valence-corrected chi connectivity index (χ2v) is 5.91. The summed E-state index contributed by atoms with van der Waals surface area (Å²) < 4.78 is 24.1. The van der Waals surface area contributed by atoms with Crippen LogP contribution < -0.4 is 10.0 Å². The van der Waals surface area contributed by atoms with Crippen molar-refractivity contribution >= 4 is 10.0 Å². The molecule has 5 nitrogen and oxygen atoms in total. The van der Waals surface area contributed by atoms with E-state index in [-0.39, 0.29) is 6.04 Å². The third kappa shape index (κ3) is 5.27. The molecule has 0 aliphatic rings. The molecule has 0 aromatic heterocycles. The van der Waals surface area contributed by atoms with Crippen LogP contribution in [0.3, 0.4) is 0 Å². The van der Waals surface area contributed by atoms with Gasteiger partial charge in [-0.15, -0.1) is 0 Å². The van der Waals surface area contributed by atoms with E-state index in [2.05, 4.69) is 16.1 Å². The minimum Gasteiger partial charge on any atom is -0.309 e. The summed E-state index contributed by atoms with van der Waals surface area (Å²) in [7, 11) is -3.12. The molecule has 0 fully saturated rings. The van der Waals surface area contributed by atoms with Crippen LogP contribution in [-0.4, -0.2) is 27.8 Å².